The van der Waals surface area contributed by atoms with Gasteiger partial charge in [-0.3, -0.25) is 4.98 Å². The van der Waals surface area contributed by atoms with Crippen LogP contribution in [0.25, 0.3) is 22.4 Å². The second-order valence-electron chi connectivity index (χ2n) is 7.44. The highest BCUT2D eigenvalue weighted by atomic mass is 14.7. The molecule has 0 atom stereocenters. The predicted octanol–water partition coefficient (Wildman–Crippen LogP) is 6.54. The molecule has 0 amide bonds. The number of hydrogen-bond acceptors (Lipinski definition) is 1. The van der Waals surface area contributed by atoms with Crippen LogP contribution in [-0.4, -0.2) is 4.98 Å². The zero-order valence-corrected chi connectivity index (χ0v) is 15.9. The highest BCUT2D eigenvalue weighted by Gasteiger charge is 2.11. The van der Waals surface area contributed by atoms with E-state index in [1.54, 1.807) is 0 Å². The molecule has 3 aromatic rings. The molecule has 0 fully saturated rings. The van der Waals surface area contributed by atoms with E-state index in [1.165, 1.54) is 38.9 Å². The van der Waals surface area contributed by atoms with Crippen molar-refractivity contribution in [1.29, 1.82) is 0 Å². The lowest BCUT2D eigenvalue weighted by molar-refractivity contribution is 0.643. The number of pyridine rings is 1. The Labute approximate surface area is 151 Å². The number of hydrogen-bond donors (Lipinski definition) is 0. The highest BCUT2D eigenvalue weighted by molar-refractivity contribution is 5.76. The van der Waals surface area contributed by atoms with Crippen molar-refractivity contribution in [3.8, 4) is 22.4 Å². The summed E-state index contributed by atoms with van der Waals surface area (Å²) in [4.78, 5) is 4.79. The van der Waals surface area contributed by atoms with E-state index < -0.39 is 0 Å². The maximum atomic E-state index is 4.79. The Bertz CT molecular complexity index is 876. The summed E-state index contributed by atoms with van der Waals surface area (Å²) in [6, 6.07) is 17.4. The molecule has 1 nitrogen and oxygen atoms in total. The van der Waals surface area contributed by atoms with Crippen molar-refractivity contribution < 1.29 is 0 Å². The lowest BCUT2D eigenvalue weighted by Crippen LogP contribution is -1.99. The summed E-state index contributed by atoms with van der Waals surface area (Å²) in [5, 5.41) is 0. The van der Waals surface area contributed by atoms with E-state index in [1.807, 2.05) is 0 Å². The Kier molecular flexibility index (Phi) is 5.03. The van der Waals surface area contributed by atoms with Crippen LogP contribution in [0.5, 0.6) is 0 Å². The molecule has 0 radical (unpaired) electrons. The topological polar surface area (TPSA) is 12.9 Å². The number of aryl methyl sites for hydroxylation is 3. The molecule has 0 saturated heterocycles. The van der Waals surface area contributed by atoms with Gasteiger partial charge in [0.1, 0.15) is 0 Å². The van der Waals surface area contributed by atoms with Gasteiger partial charge in [0.25, 0.3) is 0 Å². The van der Waals surface area contributed by atoms with E-state index in [4.69, 9.17) is 4.98 Å². The van der Waals surface area contributed by atoms with Gasteiger partial charge in [-0.15, -0.1) is 0 Å². The van der Waals surface area contributed by atoms with Crippen LogP contribution in [0.15, 0.2) is 54.7 Å². The van der Waals surface area contributed by atoms with E-state index in [9.17, 15) is 0 Å². The molecule has 0 unspecified atom stereocenters. The summed E-state index contributed by atoms with van der Waals surface area (Å²) in [7, 11) is 0. The first-order chi connectivity index (χ1) is 12.0. The van der Waals surface area contributed by atoms with Crippen molar-refractivity contribution in [2.24, 2.45) is 5.92 Å². The summed E-state index contributed by atoms with van der Waals surface area (Å²) < 4.78 is 0. The molecular formula is C24H27N. The Morgan fingerprint density at radius 3 is 2.12 bits per heavy atom. The summed E-state index contributed by atoms with van der Waals surface area (Å²) in [6.45, 7) is 11.1. The number of benzene rings is 2. The molecule has 0 aliphatic carbocycles. The van der Waals surface area contributed by atoms with E-state index in [2.05, 4.69) is 89.3 Å². The number of rotatable bonds is 4. The van der Waals surface area contributed by atoms with Gasteiger partial charge in [0.05, 0.1) is 5.69 Å². The standard InChI is InChI=1S/C24H27N/c1-16(2)11-21-15-25-24(13-17(21)3)23-14-22(18(4)12-19(23)5)20-9-7-6-8-10-20/h6-10,12-16H,11H2,1-5H3. The van der Waals surface area contributed by atoms with Crippen molar-refractivity contribution in [3.05, 3.63) is 77.0 Å². The van der Waals surface area contributed by atoms with Crippen LogP contribution in [0.1, 0.15) is 36.1 Å². The third kappa shape index (κ3) is 3.82. The monoisotopic (exact) mass is 329 g/mol. The van der Waals surface area contributed by atoms with Crippen molar-refractivity contribution in [2.75, 3.05) is 0 Å². The molecule has 0 saturated carbocycles. The minimum absolute atomic E-state index is 0.650. The van der Waals surface area contributed by atoms with Gasteiger partial charge in [-0.1, -0.05) is 50.2 Å². The average molecular weight is 329 g/mol. The smallest absolute Gasteiger partial charge is 0.0707 e. The molecule has 0 aliphatic heterocycles. The summed E-state index contributed by atoms with van der Waals surface area (Å²) >= 11 is 0. The third-order valence-corrected chi connectivity index (χ3v) is 4.78. The van der Waals surface area contributed by atoms with Crippen LogP contribution >= 0.6 is 0 Å². The Hall–Kier alpha value is -2.41. The molecule has 1 heteroatoms. The summed E-state index contributed by atoms with van der Waals surface area (Å²) in [5.41, 5.74) is 10.1. The van der Waals surface area contributed by atoms with E-state index in [-0.39, 0.29) is 0 Å². The van der Waals surface area contributed by atoms with Gasteiger partial charge in [-0.05, 0) is 78.6 Å². The van der Waals surface area contributed by atoms with Gasteiger partial charge in [0.2, 0.25) is 0 Å². The van der Waals surface area contributed by atoms with Crippen LogP contribution in [0, 0.1) is 26.7 Å². The lowest BCUT2D eigenvalue weighted by atomic mass is 9.92. The molecule has 25 heavy (non-hydrogen) atoms. The molecule has 128 valence electrons. The minimum atomic E-state index is 0.650. The number of aromatic nitrogens is 1. The SMILES string of the molecule is Cc1cc(-c2cc(-c3ccccc3)c(C)cc2C)ncc1CC(C)C. The zero-order valence-electron chi connectivity index (χ0n) is 15.9. The van der Waals surface area contributed by atoms with Crippen molar-refractivity contribution >= 4 is 0 Å². The van der Waals surface area contributed by atoms with Crippen LogP contribution in [0.2, 0.25) is 0 Å². The van der Waals surface area contributed by atoms with E-state index >= 15 is 0 Å². The molecule has 0 aliphatic rings. The summed E-state index contributed by atoms with van der Waals surface area (Å²) in [6.07, 6.45) is 3.15. The van der Waals surface area contributed by atoms with E-state index in [0.29, 0.717) is 5.92 Å². The first-order valence-electron chi connectivity index (χ1n) is 9.08. The van der Waals surface area contributed by atoms with E-state index in [0.717, 1.165) is 12.1 Å². The molecule has 3 rings (SSSR count). The van der Waals surface area contributed by atoms with Crippen LogP contribution in [0.4, 0.5) is 0 Å². The number of nitrogens with zero attached hydrogens (tertiary/aromatic N) is 1. The van der Waals surface area contributed by atoms with Gasteiger partial charge < -0.3 is 0 Å². The van der Waals surface area contributed by atoms with Gasteiger partial charge in [-0.25, -0.2) is 0 Å². The predicted molar refractivity (Wildman–Crippen MR) is 108 cm³/mol. The molecule has 1 heterocycles. The summed E-state index contributed by atoms with van der Waals surface area (Å²) in [5.74, 6) is 0.650. The molecule has 0 N–H and O–H groups in total. The largest absolute Gasteiger partial charge is 0.256 e. The van der Waals surface area contributed by atoms with Crippen LogP contribution in [0.3, 0.4) is 0 Å². The Morgan fingerprint density at radius 1 is 0.800 bits per heavy atom. The van der Waals surface area contributed by atoms with Crippen molar-refractivity contribution in [1.82, 2.24) is 4.98 Å². The zero-order chi connectivity index (χ0) is 18.0. The lowest BCUT2D eigenvalue weighted by Gasteiger charge is -2.14. The molecule has 0 spiro atoms. The van der Waals surface area contributed by atoms with Gasteiger partial charge in [0.15, 0.2) is 0 Å². The van der Waals surface area contributed by atoms with Crippen LogP contribution < -0.4 is 0 Å². The first kappa shape index (κ1) is 17.4. The Balaban J connectivity index is 2.07. The third-order valence-electron chi connectivity index (χ3n) is 4.78. The van der Waals surface area contributed by atoms with Crippen molar-refractivity contribution in [3.63, 3.8) is 0 Å². The fraction of sp³-hybridized carbons (Fsp3) is 0.292. The average Bonchev–Trinajstić information content (AvgIpc) is 2.57. The maximum Gasteiger partial charge on any atom is 0.0707 e. The Morgan fingerprint density at radius 2 is 1.48 bits per heavy atom. The molecule has 0 bridgehead atoms. The fourth-order valence-electron chi connectivity index (χ4n) is 3.44. The first-order valence-corrected chi connectivity index (χ1v) is 9.08. The van der Waals surface area contributed by atoms with Gasteiger partial charge in [-0.2, -0.15) is 0 Å². The second-order valence-corrected chi connectivity index (χ2v) is 7.44. The molecule has 1 aromatic heterocycles. The minimum Gasteiger partial charge on any atom is -0.256 e. The maximum absolute atomic E-state index is 4.79. The highest BCUT2D eigenvalue weighted by Crippen LogP contribution is 2.32. The quantitative estimate of drug-likeness (QED) is 0.529. The van der Waals surface area contributed by atoms with Crippen molar-refractivity contribution in [2.45, 2.75) is 41.0 Å². The van der Waals surface area contributed by atoms with Gasteiger partial charge in [0, 0.05) is 11.8 Å². The fourth-order valence-corrected chi connectivity index (χ4v) is 3.44. The molecule has 2 aromatic carbocycles. The van der Waals surface area contributed by atoms with Gasteiger partial charge >= 0.3 is 0 Å². The van der Waals surface area contributed by atoms with Crippen LogP contribution in [-0.2, 0) is 6.42 Å². The normalized spacial score (nSPS) is 11.1. The second kappa shape index (κ2) is 7.23. The molecular weight excluding hydrogens is 302 g/mol.